The molecule has 3 rings (SSSR count). The van der Waals surface area contributed by atoms with Crippen LogP contribution in [0.15, 0.2) is 42.7 Å². The Balaban J connectivity index is 1.68. The molecule has 5 nitrogen and oxygen atoms in total. The van der Waals surface area contributed by atoms with E-state index in [2.05, 4.69) is 10.4 Å². The van der Waals surface area contributed by atoms with Crippen molar-refractivity contribution in [3.05, 3.63) is 48.3 Å². The highest BCUT2D eigenvalue weighted by Gasteiger charge is 2.21. The second-order valence-corrected chi connectivity index (χ2v) is 5.59. The number of carbonyl (C=O) groups is 1. The zero-order valence-electron chi connectivity index (χ0n) is 12.7. The van der Waals surface area contributed by atoms with E-state index in [4.69, 9.17) is 4.74 Å². The van der Waals surface area contributed by atoms with Crippen LogP contribution in [-0.2, 0) is 9.53 Å². The minimum Gasteiger partial charge on any atom is -0.379 e. The quantitative estimate of drug-likeness (QED) is 0.923. The molecule has 5 heteroatoms. The molecule has 116 valence electrons. The Morgan fingerprint density at radius 2 is 2.27 bits per heavy atom. The fourth-order valence-electron chi connectivity index (χ4n) is 2.82. The summed E-state index contributed by atoms with van der Waals surface area (Å²) in [4.78, 5) is 12.5. The normalized spacial score (nSPS) is 19.0. The van der Waals surface area contributed by atoms with Crippen LogP contribution >= 0.6 is 0 Å². The van der Waals surface area contributed by atoms with Gasteiger partial charge in [0.2, 0.25) is 5.91 Å². The monoisotopic (exact) mass is 299 g/mol. The predicted octanol–water partition coefficient (Wildman–Crippen LogP) is 2.98. The minimum absolute atomic E-state index is 0.0101. The molecule has 1 aromatic heterocycles. The Hall–Kier alpha value is -2.14. The second kappa shape index (κ2) is 6.75. The molecule has 0 bridgehead atoms. The highest BCUT2D eigenvalue weighted by Crippen LogP contribution is 2.23. The number of aromatic nitrogens is 2. The summed E-state index contributed by atoms with van der Waals surface area (Å²) in [7, 11) is 0. The van der Waals surface area contributed by atoms with Gasteiger partial charge in [-0.05, 0) is 18.4 Å². The van der Waals surface area contributed by atoms with Crippen LogP contribution < -0.4 is 5.32 Å². The number of amides is 1. The van der Waals surface area contributed by atoms with Gasteiger partial charge in [0.1, 0.15) is 0 Å². The number of nitrogens with one attached hydrogen (secondary N) is 1. The molecule has 1 saturated heterocycles. The number of hydrogen-bond donors (Lipinski definition) is 1. The lowest BCUT2D eigenvalue weighted by atomic mass is 9.96. The topological polar surface area (TPSA) is 56.2 Å². The molecule has 1 aromatic carbocycles. The van der Waals surface area contributed by atoms with Crippen LogP contribution in [-0.4, -0.2) is 28.9 Å². The SMILES string of the molecule is CC[C@H](C(=O)Nc1cnn([C@H]2CCOC2)c1)c1ccccc1. The van der Waals surface area contributed by atoms with Gasteiger partial charge in [0.25, 0.3) is 0 Å². The van der Waals surface area contributed by atoms with Crippen molar-refractivity contribution >= 4 is 11.6 Å². The Morgan fingerprint density at radius 1 is 1.45 bits per heavy atom. The number of ether oxygens (including phenoxy) is 1. The van der Waals surface area contributed by atoms with Gasteiger partial charge in [-0.1, -0.05) is 37.3 Å². The largest absolute Gasteiger partial charge is 0.379 e. The Bertz CT molecular complexity index is 618. The van der Waals surface area contributed by atoms with Gasteiger partial charge in [-0.3, -0.25) is 9.48 Å². The maximum absolute atomic E-state index is 12.5. The van der Waals surface area contributed by atoms with Gasteiger partial charge in [-0.2, -0.15) is 5.10 Å². The Kier molecular flexibility index (Phi) is 4.53. The number of hydrogen-bond acceptors (Lipinski definition) is 3. The summed E-state index contributed by atoms with van der Waals surface area (Å²) in [6, 6.07) is 10.1. The lowest BCUT2D eigenvalue weighted by molar-refractivity contribution is -0.117. The summed E-state index contributed by atoms with van der Waals surface area (Å²) < 4.78 is 7.25. The first-order valence-electron chi connectivity index (χ1n) is 7.75. The molecule has 2 heterocycles. The van der Waals surface area contributed by atoms with Crippen molar-refractivity contribution in [3.8, 4) is 0 Å². The third-order valence-electron chi connectivity index (χ3n) is 4.08. The van der Waals surface area contributed by atoms with Gasteiger partial charge in [-0.25, -0.2) is 0 Å². The number of anilines is 1. The second-order valence-electron chi connectivity index (χ2n) is 5.59. The number of carbonyl (C=O) groups excluding carboxylic acids is 1. The first kappa shape index (κ1) is 14.8. The first-order valence-corrected chi connectivity index (χ1v) is 7.75. The first-order chi connectivity index (χ1) is 10.8. The molecule has 2 aromatic rings. The van der Waals surface area contributed by atoms with Gasteiger partial charge < -0.3 is 10.1 Å². The van der Waals surface area contributed by atoms with Gasteiger partial charge in [0, 0.05) is 12.8 Å². The minimum atomic E-state index is -0.139. The Morgan fingerprint density at radius 3 is 2.95 bits per heavy atom. The van der Waals surface area contributed by atoms with Crippen LogP contribution in [0.25, 0.3) is 0 Å². The van der Waals surface area contributed by atoms with Crippen LogP contribution in [0.1, 0.15) is 37.3 Å². The zero-order valence-corrected chi connectivity index (χ0v) is 12.7. The van der Waals surface area contributed by atoms with Crippen molar-refractivity contribution in [2.75, 3.05) is 18.5 Å². The Labute approximate surface area is 130 Å². The van der Waals surface area contributed by atoms with E-state index in [0.717, 1.165) is 30.7 Å². The molecular formula is C17H21N3O2. The lowest BCUT2D eigenvalue weighted by Gasteiger charge is -2.14. The molecular weight excluding hydrogens is 278 g/mol. The molecule has 22 heavy (non-hydrogen) atoms. The maximum atomic E-state index is 12.5. The molecule has 1 fully saturated rings. The summed E-state index contributed by atoms with van der Waals surface area (Å²) in [6.07, 6.45) is 5.32. The highest BCUT2D eigenvalue weighted by molar-refractivity contribution is 5.95. The summed E-state index contributed by atoms with van der Waals surface area (Å²) in [5, 5.41) is 7.30. The van der Waals surface area contributed by atoms with Gasteiger partial charge >= 0.3 is 0 Å². The molecule has 0 unspecified atom stereocenters. The molecule has 1 N–H and O–H groups in total. The van der Waals surface area contributed by atoms with E-state index in [9.17, 15) is 4.79 Å². The van der Waals surface area contributed by atoms with E-state index in [0.29, 0.717) is 6.61 Å². The molecule has 0 spiro atoms. The average Bonchev–Trinajstić information content (AvgIpc) is 3.20. The number of rotatable bonds is 5. The summed E-state index contributed by atoms with van der Waals surface area (Å²) in [5.74, 6) is -0.129. The van der Waals surface area contributed by atoms with Crippen molar-refractivity contribution < 1.29 is 9.53 Å². The van der Waals surface area contributed by atoms with Crippen molar-refractivity contribution in [2.45, 2.75) is 31.7 Å². The van der Waals surface area contributed by atoms with Crippen LogP contribution in [0.4, 0.5) is 5.69 Å². The third-order valence-corrected chi connectivity index (χ3v) is 4.08. The van der Waals surface area contributed by atoms with Crippen LogP contribution in [0.5, 0.6) is 0 Å². The molecule has 1 aliphatic rings. The van der Waals surface area contributed by atoms with Gasteiger partial charge in [0.15, 0.2) is 0 Å². The molecule has 1 amide bonds. The van der Waals surface area contributed by atoms with E-state index in [1.54, 1.807) is 6.20 Å². The van der Waals surface area contributed by atoms with Crippen molar-refractivity contribution in [1.82, 2.24) is 9.78 Å². The zero-order chi connectivity index (χ0) is 15.4. The van der Waals surface area contributed by atoms with E-state index in [-0.39, 0.29) is 17.9 Å². The lowest BCUT2D eigenvalue weighted by Crippen LogP contribution is -2.20. The number of benzene rings is 1. The molecule has 0 saturated carbocycles. The van der Waals surface area contributed by atoms with E-state index >= 15 is 0 Å². The van der Waals surface area contributed by atoms with Crippen LogP contribution in [0.2, 0.25) is 0 Å². The molecule has 2 atom stereocenters. The van der Waals surface area contributed by atoms with Gasteiger partial charge in [-0.15, -0.1) is 0 Å². The van der Waals surface area contributed by atoms with E-state index in [1.807, 2.05) is 48.1 Å². The van der Waals surface area contributed by atoms with Crippen molar-refractivity contribution in [2.24, 2.45) is 0 Å². The third kappa shape index (κ3) is 3.20. The molecule has 0 aliphatic carbocycles. The van der Waals surface area contributed by atoms with Gasteiger partial charge in [0.05, 0.1) is 30.5 Å². The molecule has 0 radical (unpaired) electrons. The van der Waals surface area contributed by atoms with Crippen LogP contribution in [0.3, 0.4) is 0 Å². The maximum Gasteiger partial charge on any atom is 0.231 e. The smallest absolute Gasteiger partial charge is 0.231 e. The van der Waals surface area contributed by atoms with Crippen molar-refractivity contribution in [1.29, 1.82) is 0 Å². The van der Waals surface area contributed by atoms with Crippen molar-refractivity contribution in [3.63, 3.8) is 0 Å². The fraction of sp³-hybridized carbons (Fsp3) is 0.412. The highest BCUT2D eigenvalue weighted by atomic mass is 16.5. The summed E-state index contributed by atoms with van der Waals surface area (Å²) in [6.45, 7) is 3.49. The summed E-state index contributed by atoms with van der Waals surface area (Å²) >= 11 is 0. The number of nitrogens with zero attached hydrogens (tertiary/aromatic N) is 2. The molecule has 1 aliphatic heterocycles. The summed E-state index contributed by atoms with van der Waals surface area (Å²) in [5.41, 5.74) is 1.78. The van der Waals surface area contributed by atoms with Crippen LogP contribution in [0, 0.1) is 0 Å². The fourth-order valence-corrected chi connectivity index (χ4v) is 2.82. The predicted molar refractivity (Wildman–Crippen MR) is 84.8 cm³/mol. The van der Waals surface area contributed by atoms with E-state index < -0.39 is 0 Å². The standard InChI is InChI=1S/C17H21N3O2/c1-2-16(13-6-4-3-5-7-13)17(21)19-14-10-18-20(11-14)15-8-9-22-12-15/h3-7,10-11,15-16H,2,8-9,12H2,1H3,(H,19,21)/t15-,16-/m0/s1. The average molecular weight is 299 g/mol. The van der Waals surface area contributed by atoms with E-state index in [1.165, 1.54) is 0 Å².